The Labute approximate surface area is 81.3 Å². The van der Waals surface area contributed by atoms with E-state index >= 15 is 0 Å². The van der Waals surface area contributed by atoms with Crippen LogP contribution in [0.5, 0.6) is 0 Å². The molecule has 0 saturated heterocycles. The molecule has 0 radical (unpaired) electrons. The van der Waals surface area contributed by atoms with Gasteiger partial charge in [0.15, 0.2) is 0 Å². The normalized spacial score (nSPS) is 12.5. The van der Waals surface area contributed by atoms with Crippen LogP contribution in [0.15, 0.2) is 18.2 Å². The van der Waals surface area contributed by atoms with Crippen LogP contribution in [0.2, 0.25) is 0 Å². The zero-order valence-electron chi connectivity index (χ0n) is 7.80. The molecule has 0 spiro atoms. The van der Waals surface area contributed by atoms with E-state index < -0.39 is 11.0 Å². The largest absolute Gasteiger partial charge is 0.387 e. The Bertz CT molecular complexity index is 352. The van der Waals surface area contributed by atoms with Gasteiger partial charge in [0.05, 0.1) is 16.6 Å². The number of aryl methyl sites for hydroxylation is 1. The molecule has 0 aromatic heterocycles. The lowest BCUT2D eigenvalue weighted by atomic mass is 10.0. The molecule has 0 unspecified atom stereocenters. The van der Waals surface area contributed by atoms with E-state index in [1.54, 1.807) is 19.1 Å². The first-order chi connectivity index (χ1) is 6.56. The number of nitrogens with two attached hydrogens (primary N) is 1. The molecule has 0 heterocycles. The van der Waals surface area contributed by atoms with Crippen molar-refractivity contribution in [3.05, 3.63) is 39.4 Å². The van der Waals surface area contributed by atoms with Crippen LogP contribution in [0.3, 0.4) is 0 Å². The van der Waals surface area contributed by atoms with E-state index in [9.17, 15) is 15.2 Å². The van der Waals surface area contributed by atoms with Crippen LogP contribution in [0.4, 0.5) is 5.69 Å². The van der Waals surface area contributed by atoms with Gasteiger partial charge in [-0.15, -0.1) is 0 Å². The Morgan fingerprint density at radius 1 is 1.64 bits per heavy atom. The predicted octanol–water partition coefficient (Wildman–Crippen LogP) is 0.895. The number of nitrogens with zero attached hydrogens (tertiary/aromatic N) is 1. The van der Waals surface area contributed by atoms with Gasteiger partial charge in [-0.2, -0.15) is 0 Å². The lowest BCUT2D eigenvalue weighted by molar-refractivity contribution is -0.386. The van der Waals surface area contributed by atoms with Gasteiger partial charge in [-0.25, -0.2) is 0 Å². The standard InChI is InChI=1S/C9H12N2O3/c1-6-2-3-8(11(13)14)7(4-6)9(12)5-10/h2-4,9,12H,5,10H2,1H3/t9-/m1/s1. The van der Waals surface area contributed by atoms with E-state index in [1.165, 1.54) is 6.07 Å². The summed E-state index contributed by atoms with van der Waals surface area (Å²) in [4.78, 5) is 10.1. The minimum absolute atomic E-state index is 0.0235. The van der Waals surface area contributed by atoms with Crippen LogP contribution in [-0.2, 0) is 0 Å². The molecule has 14 heavy (non-hydrogen) atoms. The number of nitro groups is 1. The lowest BCUT2D eigenvalue weighted by Gasteiger charge is -2.09. The maximum absolute atomic E-state index is 10.6. The molecule has 76 valence electrons. The van der Waals surface area contributed by atoms with Gasteiger partial charge in [-0.05, 0) is 13.0 Å². The molecule has 0 bridgehead atoms. The second-order valence-electron chi connectivity index (χ2n) is 3.07. The summed E-state index contributed by atoms with van der Waals surface area (Å²) in [6.45, 7) is 1.78. The Morgan fingerprint density at radius 3 is 2.79 bits per heavy atom. The molecule has 1 aromatic rings. The maximum Gasteiger partial charge on any atom is 0.275 e. The minimum atomic E-state index is -0.977. The number of benzene rings is 1. The Hall–Kier alpha value is -1.46. The molecule has 0 saturated carbocycles. The van der Waals surface area contributed by atoms with E-state index in [0.29, 0.717) is 0 Å². The van der Waals surface area contributed by atoms with Crippen molar-refractivity contribution in [1.29, 1.82) is 0 Å². The van der Waals surface area contributed by atoms with E-state index in [0.717, 1.165) is 5.56 Å². The van der Waals surface area contributed by atoms with Gasteiger partial charge in [0, 0.05) is 12.6 Å². The molecule has 1 atom stereocenters. The zero-order valence-corrected chi connectivity index (χ0v) is 7.80. The smallest absolute Gasteiger partial charge is 0.275 e. The first kappa shape index (κ1) is 10.6. The monoisotopic (exact) mass is 196 g/mol. The fourth-order valence-electron chi connectivity index (χ4n) is 1.23. The predicted molar refractivity (Wildman–Crippen MR) is 51.8 cm³/mol. The van der Waals surface area contributed by atoms with Crippen molar-refractivity contribution >= 4 is 5.69 Å². The van der Waals surface area contributed by atoms with Gasteiger partial charge in [-0.1, -0.05) is 11.6 Å². The topological polar surface area (TPSA) is 89.4 Å². The molecule has 1 aromatic carbocycles. The third-order valence-electron chi connectivity index (χ3n) is 1.96. The van der Waals surface area contributed by atoms with Gasteiger partial charge in [0.1, 0.15) is 0 Å². The van der Waals surface area contributed by atoms with Gasteiger partial charge in [-0.3, -0.25) is 10.1 Å². The molecule has 5 heteroatoms. The first-order valence-corrected chi connectivity index (χ1v) is 4.19. The number of rotatable bonds is 3. The maximum atomic E-state index is 10.6. The second kappa shape index (κ2) is 4.17. The average Bonchev–Trinajstić information content (AvgIpc) is 2.16. The van der Waals surface area contributed by atoms with E-state index in [-0.39, 0.29) is 17.8 Å². The molecule has 0 aliphatic rings. The van der Waals surface area contributed by atoms with Crippen LogP contribution in [-0.4, -0.2) is 16.6 Å². The highest BCUT2D eigenvalue weighted by Gasteiger charge is 2.18. The first-order valence-electron chi connectivity index (χ1n) is 4.19. The SMILES string of the molecule is Cc1ccc([N+](=O)[O-])c([C@H](O)CN)c1. The summed E-state index contributed by atoms with van der Waals surface area (Å²) in [7, 11) is 0. The molecular formula is C9H12N2O3. The van der Waals surface area contributed by atoms with Crippen LogP contribution in [0, 0.1) is 17.0 Å². The number of hydrogen-bond donors (Lipinski definition) is 2. The number of aliphatic hydroxyl groups is 1. The quantitative estimate of drug-likeness (QED) is 0.555. The highest BCUT2D eigenvalue weighted by molar-refractivity contribution is 5.44. The van der Waals surface area contributed by atoms with Crippen LogP contribution in [0.25, 0.3) is 0 Å². The molecule has 3 N–H and O–H groups in total. The third-order valence-corrected chi connectivity index (χ3v) is 1.96. The summed E-state index contributed by atoms with van der Waals surface area (Å²) >= 11 is 0. The van der Waals surface area contributed by atoms with Crippen LogP contribution < -0.4 is 5.73 Å². The molecule has 0 fully saturated rings. The Morgan fingerprint density at radius 2 is 2.29 bits per heavy atom. The lowest BCUT2D eigenvalue weighted by Crippen LogP contribution is -2.13. The van der Waals surface area contributed by atoms with E-state index in [2.05, 4.69) is 0 Å². The molecule has 5 nitrogen and oxygen atoms in total. The fraction of sp³-hybridized carbons (Fsp3) is 0.333. The van der Waals surface area contributed by atoms with Gasteiger partial charge >= 0.3 is 0 Å². The summed E-state index contributed by atoms with van der Waals surface area (Å²) < 4.78 is 0. The number of hydrogen-bond acceptors (Lipinski definition) is 4. The van der Waals surface area contributed by atoms with Crippen LogP contribution >= 0.6 is 0 Å². The summed E-state index contributed by atoms with van der Waals surface area (Å²) in [5.74, 6) is 0. The van der Waals surface area contributed by atoms with Crippen molar-refractivity contribution in [2.75, 3.05) is 6.54 Å². The highest BCUT2D eigenvalue weighted by atomic mass is 16.6. The van der Waals surface area contributed by atoms with Gasteiger partial charge in [0.25, 0.3) is 5.69 Å². The Kier molecular flexibility index (Phi) is 3.16. The minimum Gasteiger partial charge on any atom is -0.387 e. The van der Waals surface area contributed by atoms with Crippen molar-refractivity contribution < 1.29 is 10.0 Å². The van der Waals surface area contributed by atoms with Crippen molar-refractivity contribution in [3.63, 3.8) is 0 Å². The van der Waals surface area contributed by atoms with Crippen molar-refractivity contribution in [2.45, 2.75) is 13.0 Å². The number of nitro benzene ring substituents is 1. The van der Waals surface area contributed by atoms with E-state index in [1.807, 2.05) is 0 Å². The van der Waals surface area contributed by atoms with Gasteiger partial charge < -0.3 is 10.8 Å². The van der Waals surface area contributed by atoms with Crippen molar-refractivity contribution in [3.8, 4) is 0 Å². The van der Waals surface area contributed by atoms with Crippen LogP contribution in [0.1, 0.15) is 17.2 Å². The van der Waals surface area contributed by atoms with Crippen molar-refractivity contribution in [1.82, 2.24) is 0 Å². The average molecular weight is 196 g/mol. The van der Waals surface area contributed by atoms with Gasteiger partial charge in [0.2, 0.25) is 0 Å². The third kappa shape index (κ3) is 2.07. The highest BCUT2D eigenvalue weighted by Crippen LogP contribution is 2.25. The van der Waals surface area contributed by atoms with Crippen molar-refractivity contribution in [2.24, 2.45) is 5.73 Å². The molecule has 0 aliphatic carbocycles. The Balaban J connectivity index is 3.22. The zero-order chi connectivity index (χ0) is 10.7. The molecular weight excluding hydrogens is 184 g/mol. The summed E-state index contributed by atoms with van der Waals surface area (Å²) in [6.07, 6.45) is -0.977. The molecule has 0 amide bonds. The number of aliphatic hydroxyl groups excluding tert-OH is 1. The summed E-state index contributed by atoms with van der Waals surface area (Å²) in [5.41, 5.74) is 6.30. The summed E-state index contributed by atoms with van der Waals surface area (Å²) in [5, 5.41) is 20.1. The van der Waals surface area contributed by atoms with E-state index in [4.69, 9.17) is 5.73 Å². The fourth-order valence-corrected chi connectivity index (χ4v) is 1.23. The summed E-state index contributed by atoms with van der Waals surface area (Å²) in [6, 6.07) is 4.59. The molecule has 0 aliphatic heterocycles. The second-order valence-corrected chi connectivity index (χ2v) is 3.07. The molecule has 1 rings (SSSR count).